The van der Waals surface area contributed by atoms with Crippen LogP contribution in [0.15, 0.2) is 18.2 Å². The Morgan fingerprint density at radius 3 is 3.04 bits per heavy atom. The molecule has 3 atom stereocenters. The number of phenols is 1. The van der Waals surface area contributed by atoms with Crippen LogP contribution in [-0.4, -0.2) is 34.1 Å². The summed E-state index contributed by atoms with van der Waals surface area (Å²) in [5.74, 6) is 1.07. The van der Waals surface area contributed by atoms with Crippen LogP contribution in [0, 0.1) is 10.8 Å². The van der Waals surface area contributed by atoms with Crippen LogP contribution in [-0.2, 0) is 6.42 Å². The number of phenolic OH excluding ortho intramolecular Hbond substituents is 1. The first-order valence-corrected chi connectivity index (χ1v) is 9.21. The second-order valence-electron chi connectivity index (χ2n) is 8.79. The Morgan fingerprint density at radius 1 is 1.35 bits per heavy atom. The van der Waals surface area contributed by atoms with Crippen LogP contribution in [0.25, 0.3) is 10.9 Å². The Morgan fingerprint density at radius 2 is 2.22 bits per heavy atom. The Kier molecular flexibility index (Phi) is 2.11. The highest BCUT2D eigenvalue weighted by Gasteiger charge is 2.70. The first-order valence-electron chi connectivity index (χ1n) is 9.21. The van der Waals surface area contributed by atoms with E-state index in [1.807, 2.05) is 12.1 Å². The van der Waals surface area contributed by atoms with Crippen LogP contribution >= 0.6 is 0 Å². The number of nitrogens with zero attached hydrogens (tertiary/aromatic N) is 1. The predicted octanol–water partition coefficient (Wildman–Crippen LogP) is 3.78. The number of H-pyrrole nitrogens is 1. The minimum Gasteiger partial charge on any atom is -0.508 e. The fraction of sp³-hybridized carbons (Fsp3) is 0.600. The summed E-state index contributed by atoms with van der Waals surface area (Å²) >= 11 is 0. The van der Waals surface area contributed by atoms with Crippen molar-refractivity contribution < 1.29 is 5.11 Å². The second kappa shape index (κ2) is 3.77. The maximum absolute atomic E-state index is 9.92. The van der Waals surface area contributed by atoms with E-state index in [-0.39, 0.29) is 0 Å². The molecule has 9 rings (SSSR count). The summed E-state index contributed by atoms with van der Waals surface area (Å²) in [5.41, 5.74) is 5.38. The highest BCUT2D eigenvalue weighted by molar-refractivity contribution is 5.86. The lowest BCUT2D eigenvalue weighted by Gasteiger charge is -2.74. The number of fused-ring (bicyclic) bond motifs is 3. The molecule has 6 fully saturated rings. The van der Waals surface area contributed by atoms with Gasteiger partial charge in [-0.2, -0.15) is 0 Å². The molecule has 3 saturated carbocycles. The zero-order valence-electron chi connectivity index (χ0n) is 13.7. The summed E-state index contributed by atoms with van der Waals surface area (Å²) in [6.45, 7) is 4.94. The van der Waals surface area contributed by atoms with Crippen LogP contribution in [0.5, 0.6) is 5.75 Å². The summed E-state index contributed by atoms with van der Waals surface area (Å²) in [5, 5.41) is 11.2. The average molecular weight is 308 g/mol. The Hall–Kier alpha value is -1.48. The van der Waals surface area contributed by atoms with E-state index < -0.39 is 0 Å². The van der Waals surface area contributed by atoms with Gasteiger partial charge in [-0.3, -0.25) is 4.90 Å². The third-order valence-electron chi connectivity index (χ3n) is 7.69. The molecule has 1 aromatic heterocycles. The van der Waals surface area contributed by atoms with Crippen molar-refractivity contribution in [1.82, 2.24) is 9.88 Å². The van der Waals surface area contributed by atoms with Crippen molar-refractivity contribution in [3.63, 3.8) is 0 Å². The molecule has 2 aromatic rings. The molecule has 5 bridgehead atoms. The molecule has 120 valence electrons. The van der Waals surface area contributed by atoms with Crippen molar-refractivity contribution in [1.29, 1.82) is 0 Å². The largest absolute Gasteiger partial charge is 0.508 e. The van der Waals surface area contributed by atoms with Crippen molar-refractivity contribution >= 4 is 10.9 Å². The smallest absolute Gasteiger partial charge is 0.116 e. The van der Waals surface area contributed by atoms with E-state index in [1.165, 1.54) is 60.9 Å². The lowest BCUT2D eigenvalue weighted by molar-refractivity contribution is -0.231. The molecule has 1 aromatic carbocycles. The molecule has 0 amide bonds. The Bertz CT molecular complexity index is 830. The normalized spacial score (nSPS) is 43.1. The highest BCUT2D eigenvalue weighted by atomic mass is 16.3. The molecule has 23 heavy (non-hydrogen) atoms. The quantitative estimate of drug-likeness (QED) is 0.841. The van der Waals surface area contributed by atoms with Crippen molar-refractivity contribution in [3.05, 3.63) is 29.5 Å². The number of aromatic hydroxyl groups is 1. The predicted molar refractivity (Wildman–Crippen MR) is 90.8 cm³/mol. The first-order chi connectivity index (χ1) is 11.1. The number of hydrogen-bond acceptors (Lipinski definition) is 2. The van der Waals surface area contributed by atoms with E-state index in [4.69, 9.17) is 0 Å². The van der Waals surface area contributed by atoms with Gasteiger partial charge in [-0.1, -0.05) is 6.92 Å². The van der Waals surface area contributed by atoms with Crippen molar-refractivity contribution in [2.24, 2.45) is 10.8 Å². The Balaban J connectivity index is 1.57. The van der Waals surface area contributed by atoms with E-state index in [0.29, 0.717) is 22.5 Å². The minimum atomic E-state index is 0.389. The monoisotopic (exact) mass is 308 g/mol. The molecule has 4 aliphatic heterocycles. The molecule has 2 N–H and O–H groups in total. The van der Waals surface area contributed by atoms with Crippen molar-refractivity contribution in [3.8, 4) is 5.75 Å². The summed E-state index contributed by atoms with van der Waals surface area (Å²) in [4.78, 5) is 6.59. The van der Waals surface area contributed by atoms with Crippen molar-refractivity contribution in [2.75, 3.05) is 13.1 Å². The number of piperidine rings is 3. The average Bonchev–Trinajstić information content (AvgIpc) is 2.83. The van der Waals surface area contributed by atoms with Crippen LogP contribution in [0.3, 0.4) is 0 Å². The standard InChI is InChI=1S/C20H24N2O/c1-2-20-9-19(10-20)8-15-17-13(5-6-22(11-19)18(15)20)14-7-12(23)3-4-16(14)21-17/h3-4,7,15,18,21,23H,2,5-6,8-11H2,1H3/t15-,18?,19?,20?/m0/s1. The van der Waals surface area contributed by atoms with E-state index in [1.54, 1.807) is 6.07 Å². The van der Waals surface area contributed by atoms with Gasteiger partial charge in [0.25, 0.3) is 0 Å². The fourth-order valence-corrected chi connectivity index (χ4v) is 7.18. The van der Waals surface area contributed by atoms with Gasteiger partial charge in [-0.15, -0.1) is 0 Å². The number of hydrogen-bond donors (Lipinski definition) is 2. The molecular weight excluding hydrogens is 284 g/mol. The third kappa shape index (κ3) is 1.38. The van der Waals surface area contributed by atoms with Crippen LogP contribution in [0.4, 0.5) is 0 Å². The Labute approximate surface area is 136 Å². The van der Waals surface area contributed by atoms with Gasteiger partial charge in [-0.05, 0) is 66.7 Å². The number of aromatic nitrogens is 1. The summed E-state index contributed by atoms with van der Waals surface area (Å²) in [6, 6.07) is 6.56. The molecular formula is C20H24N2O. The van der Waals surface area contributed by atoms with E-state index >= 15 is 0 Å². The SMILES string of the molecule is CCC12CC3(C[C@H]4c5[nH]c6ccc(O)cc6c5CCN(C3)C41)C2. The number of benzene rings is 1. The lowest BCUT2D eigenvalue weighted by atomic mass is 9.37. The van der Waals surface area contributed by atoms with Crippen LogP contribution in [0.1, 0.15) is 49.8 Å². The zero-order chi connectivity index (χ0) is 15.4. The molecule has 3 aliphatic carbocycles. The van der Waals surface area contributed by atoms with E-state index in [9.17, 15) is 5.11 Å². The molecule has 1 spiro atoms. The second-order valence-corrected chi connectivity index (χ2v) is 8.79. The highest BCUT2D eigenvalue weighted by Crippen LogP contribution is 2.73. The summed E-state index contributed by atoms with van der Waals surface area (Å²) in [6.07, 6.45) is 6.79. The van der Waals surface area contributed by atoms with Gasteiger partial charge in [0.15, 0.2) is 0 Å². The minimum absolute atomic E-state index is 0.389. The van der Waals surface area contributed by atoms with E-state index in [0.717, 1.165) is 12.5 Å². The van der Waals surface area contributed by atoms with Gasteiger partial charge < -0.3 is 10.1 Å². The number of nitrogens with one attached hydrogen (secondary N) is 1. The van der Waals surface area contributed by atoms with Crippen LogP contribution in [0.2, 0.25) is 0 Å². The maximum Gasteiger partial charge on any atom is 0.116 e. The maximum atomic E-state index is 9.92. The van der Waals surface area contributed by atoms with Crippen LogP contribution < -0.4 is 0 Å². The van der Waals surface area contributed by atoms with Gasteiger partial charge in [-0.25, -0.2) is 0 Å². The third-order valence-corrected chi connectivity index (χ3v) is 7.69. The molecule has 0 radical (unpaired) electrons. The molecule has 3 nitrogen and oxygen atoms in total. The van der Waals surface area contributed by atoms with Gasteiger partial charge in [0.2, 0.25) is 0 Å². The summed E-state index contributed by atoms with van der Waals surface area (Å²) in [7, 11) is 0. The summed E-state index contributed by atoms with van der Waals surface area (Å²) < 4.78 is 0. The molecule has 2 unspecified atom stereocenters. The van der Waals surface area contributed by atoms with Crippen molar-refractivity contribution in [2.45, 2.75) is 51.0 Å². The zero-order valence-corrected chi connectivity index (χ0v) is 13.7. The lowest BCUT2D eigenvalue weighted by Crippen LogP contribution is -2.74. The van der Waals surface area contributed by atoms with E-state index in [2.05, 4.69) is 16.8 Å². The molecule has 5 heterocycles. The number of rotatable bonds is 1. The fourth-order valence-electron chi connectivity index (χ4n) is 7.18. The van der Waals surface area contributed by atoms with Gasteiger partial charge in [0.05, 0.1) is 0 Å². The molecule has 7 aliphatic rings. The van der Waals surface area contributed by atoms with Gasteiger partial charge >= 0.3 is 0 Å². The topological polar surface area (TPSA) is 39.3 Å². The number of aromatic amines is 1. The first kappa shape index (κ1) is 12.9. The van der Waals surface area contributed by atoms with Gasteiger partial charge in [0, 0.05) is 41.6 Å². The molecule has 3 heteroatoms. The van der Waals surface area contributed by atoms with Gasteiger partial charge in [0.1, 0.15) is 5.75 Å². The molecule has 3 saturated heterocycles.